The van der Waals surface area contributed by atoms with Gasteiger partial charge >= 0.3 is 0 Å². The van der Waals surface area contributed by atoms with Crippen LogP contribution in [0.5, 0.6) is 0 Å². The summed E-state index contributed by atoms with van der Waals surface area (Å²) in [4.78, 5) is 9.98. The molecule has 0 atom stereocenters. The number of aldehydes is 1. The highest BCUT2D eigenvalue weighted by Gasteiger charge is 1.95. The first-order chi connectivity index (χ1) is 9.77. The Morgan fingerprint density at radius 1 is 0.750 bits per heavy atom. The third-order valence-electron chi connectivity index (χ3n) is 3.74. The van der Waals surface area contributed by atoms with Gasteiger partial charge in [0.15, 0.2) is 6.29 Å². The van der Waals surface area contributed by atoms with E-state index in [4.69, 9.17) is 0 Å². The van der Waals surface area contributed by atoms with Crippen LogP contribution in [0, 0.1) is 17.8 Å². The van der Waals surface area contributed by atoms with Crippen molar-refractivity contribution in [1.82, 2.24) is 0 Å². The van der Waals surface area contributed by atoms with Crippen molar-refractivity contribution in [3.63, 3.8) is 0 Å². The highest BCUT2D eigenvalue weighted by atomic mass is 16.1. The molecule has 0 fully saturated rings. The molecule has 0 radical (unpaired) electrons. The molecular formula is C19H34O. The molecule has 0 aliphatic heterocycles. The summed E-state index contributed by atoms with van der Waals surface area (Å²) < 4.78 is 0. The second-order valence-electron chi connectivity index (χ2n) is 6.26. The molecule has 0 heterocycles. The summed E-state index contributed by atoms with van der Waals surface area (Å²) in [7, 11) is 0. The maximum absolute atomic E-state index is 9.98. The fraction of sp³-hybridized carbons (Fsp3) is 0.842. The van der Waals surface area contributed by atoms with Crippen molar-refractivity contribution in [1.29, 1.82) is 0 Å². The molecule has 0 rings (SSSR count). The fourth-order valence-electron chi connectivity index (χ4n) is 2.47. The number of unbranched alkanes of at least 4 members (excludes halogenated alkanes) is 11. The summed E-state index contributed by atoms with van der Waals surface area (Å²) >= 11 is 0. The summed E-state index contributed by atoms with van der Waals surface area (Å²) in [5.41, 5.74) is 0. The van der Waals surface area contributed by atoms with Crippen LogP contribution < -0.4 is 0 Å². The molecule has 116 valence electrons. The van der Waals surface area contributed by atoms with Gasteiger partial charge in [-0.2, -0.15) is 0 Å². The zero-order chi connectivity index (χ0) is 14.9. The van der Waals surface area contributed by atoms with Crippen LogP contribution in [-0.2, 0) is 4.79 Å². The summed E-state index contributed by atoms with van der Waals surface area (Å²) in [6.45, 7) is 4.63. The first-order valence-electron chi connectivity index (χ1n) is 8.69. The first kappa shape index (κ1) is 19.2. The lowest BCUT2D eigenvalue weighted by Gasteiger charge is -2.04. The maximum Gasteiger partial charge on any atom is 0.192 e. The topological polar surface area (TPSA) is 17.1 Å². The Bertz CT molecular complexity index is 257. The van der Waals surface area contributed by atoms with Crippen LogP contribution >= 0.6 is 0 Å². The summed E-state index contributed by atoms with van der Waals surface area (Å²) in [5, 5.41) is 0. The highest BCUT2D eigenvalue weighted by molar-refractivity contribution is 5.72. The molecular weight excluding hydrogens is 244 g/mol. The van der Waals surface area contributed by atoms with E-state index in [0.29, 0.717) is 6.29 Å². The predicted octanol–water partition coefficient (Wildman–Crippen LogP) is 5.92. The Hall–Kier alpha value is -0.770. The Kier molecular flexibility index (Phi) is 15.7. The van der Waals surface area contributed by atoms with Crippen LogP contribution in [-0.4, -0.2) is 6.29 Å². The average molecular weight is 278 g/mol. The molecule has 0 N–H and O–H groups in total. The second-order valence-corrected chi connectivity index (χ2v) is 6.26. The van der Waals surface area contributed by atoms with E-state index >= 15 is 0 Å². The van der Waals surface area contributed by atoms with Crippen molar-refractivity contribution in [3.8, 4) is 11.8 Å². The van der Waals surface area contributed by atoms with Gasteiger partial charge in [-0.05, 0) is 18.3 Å². The van der Waals surface area contributed by atoms with Gasteiger partial charge in [0.05, 0.1) is 0 Å². The van der Waals surface area contributed by atoms with Crippen molar-refractivity contribution in [2.45, 2.75) is 97.3 Å². The van der Waals surface area contributed by atoms with Crippen LogP contribution in [0.15, 0.2) is 0 Å². The molecule has 0 aromatic heterocycles. The summed E-state index contributed by atoms with van der Waals surface area (Å²) in [6, 6.07) is 0. The molecule has 1 nitrogen and oxygen atoms in total. The standard InChI is InChI=1S/C19H34O/c1-19(2)17-15-13-11-9-7-5-3-4-6-8-10-12-14-16-18-20/h18-19H,3-13,15,17H2,1-2H3. The lowest BCUT2D eigenvalue weighted by Crippen LogP contribution is -1.87. The van der Waals surface area contributed by atoms with Gasteiger partial charge in [0.1, 0.15) is 0 Å². The number of rotatable bonds is 13. The Morgan fingerprint density at radius 2 is 1.20 bits per heavy atom. The molecule has 0 amide bonds. The van der Waals surface area contributed by atoms with E-state index in [9.17, 15) is 4.79 Å². The minimum Gasteiger partial charge on any atom is -0.289 e. The van der Waals surface area contributed by atoms with Crippen LogP contribution in [0.4, 0.5) is 0 Å². The third kappa shape index (κ3) is 17.2. The molecule has 1 heteroatoms. The highest BCUT2D eigenvalue weighted by Crippen LogP contribution is 2.13. The molecule has 0 bridgehead atoms. The molecule has 0 spiro atoms. The van der Waals surface area contributed by atoms with Crippen molar-refractivity contribution >= 4 is 6.29 Å². The molecule has 0 aromatic carbocycles. The van der Waals surface area contributed by atoms with Crippen molar-refractivity contribution < 1.29 is 4.79 Å². The quantitative estimate of drug-likeness (QED) is 0.232. The van der Waals surface area contributed by atoms with E-state index < -0.39 is 0 Å². The monoisotopic (exact) mass is 278 g/mol. The largest absolute Gasteiger partial charge is 0.289 e. The van der Waals surface area contributed by atoms with Crippen molar-refractivity contribution in [2.75, 3.05) is 0 Å². The van der Waals surface area contributed by atoms with Gasteiger partial charge in [-0.25, -0.2) is 0 Å². The van der Waals surface area contributed by atoms with Gasteiger partial charge in [-0.15, -0.1) is 0 Å². The molecule has 0 unspecified atom stereocenters. The molecule has 0 aromatic rings. The minimum atomic E-state index is 0.683. The van der Waals surface area contributed by atoms with Gasteiger partial charge in [0.2, 0.25) is 0 Å². The lowest BCUT2D eigenvalue weighted by molar-refractivity contribution is -0.103. The lowest BCUT2D eigenvalue weighted by atomic mass is 10.0. The zero-order valence-electron chi connectivity index (χ0n) is 13.8. The smallest absolute Gasteiger partial charge is 0.192 e. The van der Waals surface area contributed by atoms with Crippen LogP contribution in [0.25, 0.3) is 0 Å². The van der Waals surface area contributed by atoms with Crippen LogP contribution in [0.3, 0.4) is 0 Å². The SMILES string of the molecule is CC(C)CCCCCCCCCCCCCC#CC=O. The molecule has 0 saturated carbocycles. The number of carbonyl (C=O) groups excluding carboxylic acids is 1. The fourth-order valence-corrected chi connectivity index (χ4v) is 2.47. The molecule has 20 heavy (non-hydrogen) atoms. The maximum atomic E-state index is 9.98. The normalized spacial score (nSPS) is 10.3. The van der Waals surface area contributed by atoms with Crippen LogP contribution in [0.2, 0.25) is 0 Å². The van der Waals surface area contributed by atoms with Crippen LogP contribution in [0.1, 0.15) is 97.3 Å². The van der Waals surface area contributed by atoms with Gasteiger partial charge in [0, 0.05) is 6.42 Å². The molecule has 0 aliphatic carbocycles. The Labute approximate surface area is 126 Å². The van der Waals surface area contributed by atoms with E-state index in [1.54, 1.807) is 0 Å². The van der Waals surface area contributed by atoms with Gasteiger partial charge in [0.25, 0.3) is 0 Å². The number of carbonyl (C=O) groups is 1. The van der Waals surface area contributed by atoms with E-state index in [-0.39, 0.29) is 0 Å². The third-order valence-corrected chi connectivity index (χ3v) is 3.74. The Morgan fingerprint density at radius 3 is 1.65 bits per heavy atom. The van der Waals surface area contributed by atoms with E-state index in [0.717, 1.165) is 18.8 Å². The number of hydrogen-bond acceptors (Lipinski definition) is 1. The van der Waals surface area contributed by atoms with Gasteiger partial charge in [-0.1, -0.05) is 90.4 Å². The summed E-state index contributed by atoms with van der Waals surface area (Å²) in [6.07, 6.45) is 18.0. The minimum absolute atomic E-state index is 0.683. The van der Waals surface area contributed by atoms with Gasteiger partial charge in [-0.3, -0.25) is 4.79 Å². The molecule has 0 aliphatic rings. The van der Waals surface area contributed by atoms with Gasteiger partial charge < -0.3 is 0 Å². The van der Waals surface area contributed by atoms with Crippen molar-refractivity contribution in [2.24, 2.45) is 5.92 Å². The molecule has 0 saturated heterocycles. The predicted molar refractivity (Wildman–Crippen MR) is 88.7 cm³/mol. The second kappa shape index (κ2) is 16.3. The van der Waals surface area contributed by atoms with Crippen molar-refractivity contribution in [3.05, 3.63) is 0 Å². The number of hydrogen-bond donors (Lipinski definition) is 0. The first-order valence-corrected chi connectivity index (χ1v) is 8.69. The average Bonchev–Trinajstić information content (AvgIpc) is 2.43. The zero-order valence-corrected chi connectivity index (χ0v) is 13.8. The van der Waals surface area contributed by atoms with E-state index in [2.05, 4.69) is 25.7 Å². The Balaban J connectivity index is 3.01. The van der Waals surface area contributed by atoms with E-state index in [1.807, 2.05) is 0 Å². The van der Waals surface area contributed by atoms with E-state index in [1.165, 1.54) is 70.6 Å². The summed E-state index contributed by atoms with van der Waals surface area (Å²) in [5.74, 6) is 6.20.